The first kappa shape index (κ1) is 24.6. The van der Waals surface area contributed by atoms with Gasteiger partial charge in [-0.05, 0) is 42.3 Å². The van der Waals surface area contributed by atoms with E-state index in [1.165, 1.54) is 16.8 Å². The van der Waals surface area contributed by atoms with Crippen molar-refractivity contribution in [2.45, 2.75) is 19.6 Å². The largest absolute Gasteiger partial charge is 0.490 e. The summed E-state index contributed by atoms with van der Waals surface area (Å²) in [6, 6.07) is 18.7. The molecule has 0 spiro atoms. The Morgan fingerprint density at radius 1 is 0.886 bits per heavy atom. The molecule has 0 saturated carbocycles. The Morgan fingerprint density at radius 2 is 1.57 bits per heavy atom. The maximum atomic E-state index is 14.9. The topological polar surface area (TPSA) is 36.3 Å². The Balaban J connectivity index is 1.46. The molecule has 0 aliphatic heterocycles. The number of aromatic nitrogens is 2. The lowest BCUT2D eigenvalue weighted by Gasteiger charge is -2.12. The minimum atomic E-state index is -4.39. The van der Waals surface area contributed by atoms with E-state index in [0.717, 1.165) is 12.1 Å². The van der Waals surface area contributed by atoms with Gasteiger partial charge in [-0.2, -0.15) is 22.7 Å². The molecule has 182 valence electrons. The van der Waals surface area contributed by atoms with Crippen LogP contribution in [0.4, 0.5) is 17.6 Å². The van der Waals surface area contributed by atoms with E-state index >= 15 is 0 Å². The summed E-state index contributed by atoms with van der Waals surface area (Å²) >= 11 is 6.34. The van der Waals surface area contributed by atoms with Gasteiger partial charge in [0, 0.05) is 5.56 Å². The van der Waals surface area contributed by atoms with Crippen molar-refractivity contribution in [2.75, 3.05) is 13.2 Å². The average molecular weight is 505 g/mol. The number of hydrogen-bond donors (Lipinski definition) is 0. The number of ether oxygens (including phenoxy) is 2. The van der Waals surface area contributed by atoms with E-state index in [2.05, 4.69) is 5.10 Å². The summed E-state index contributed by atoms with van der Waals surface area (Å²) in [5, 5.41) is 4.65. The van der Waals surface area contributed by atoms with Crippen LogP contribution in [0.1, 0.15) is 12.5 Å². The number of nitrogens with zero attached hydrogens (tertiary/aromatic N) is 2. The van der Waals surface area contributed by atoms with Crippen LogP contribution in [0.3, 0.4) is 0 Å². The second-order valence-electron chi connectivity index (χ2n) is 7.56. The van der Waals surface area contributed by atoms with Crippen molar-refractivity contribution in [2.24, 2.45) is 0 Å². The maximum Gasteiger partial charge on any atom is 0.416 e. The van der Waals surface area contributed by atoms with E-state index in [1.54, 1.807) is 49.4 Å². The zero-order valence-corrected chi connectivity index (χ0v) is 19.4. The molecule has 4 nitrogen and oxygen atoms in total. The summed E-state index contributed by atoms with van der Waals surface area (Å²) in [6.45, 7) is 2.37. The standard InChI is InChI=1S/C26H21ClF4N2O2/c1-2-34-25-23(28)24(18-6-4-3-5-7-18)32-33(25)14-15-35-22-13-10-19(16-21(22)27)17-8-11-20(12-9-17)26(29,30)31/h3-13,16H,2,14-15H2,1H3. The lowest BCUT2D eigenvalue weighted by Crippen LogP contribution is -2.12. The number of rotatable bonds is 8. The van der Waals surface area contributed by atoms with Gasteiger partial charge < -0.3 is 9.47 Å². The van der Waals surface area contributed by atoms with Crippen LogP contribution in [0, 0.1) is 5.82 Å². The van der Waals surface area contributed by atoms with E-state index in [-0.39, 0.29) is 31.3 Å². The molecule has 0 radical (unpaired) electrons. The minimum absolute atomic E-state index is 0.0266. The predicted octanol–water partition coefficient (Wildman–Crippen LogP) is 7.51. The fourth-order valence-corrected chi connectivity index (χ4v) is 3.76. The molecule has 3 aromatic carbocycles. The molecule has 0 aliphatic carbocycles. The van der Waals surface area contributed by atoms with E-state index in [4.69, 9.17) is 21.1 Å². The fraction of sp³-hybridized carbons (Fsp3) is 0.192. The van der Waals surface area contributed by atoms with E-state index in [1.807, 2.05) is 6.07 Å². The summed E-state index contributed by atoms with van der Waals surface area (Å²) in [5.74, 6) is -0.133. The lowest BCUT2D eigenvalue weighted by atomic mass is 10.0. The van der Waals surface area contributed by atoms with Gasteiger partial charge in [-0.3, -0.25) is 0 Å². The maximum absolute atomic E-state index is 14.9. The summed E-state index contributed by atoms with van der Waals surface area (Å²) in [7, 11) is 0. The molecule has 0 N–H and O–H groups in total. The average Bonchev–Trinajstić information content (AvgIpc) is 3.15. The Bertz CT molecular complexity index is 1290. The Morgan fingerprint density at radius 3 is 2.20 bits per heavy atom. The zero-order chi connectivity index (χ0) is 25.0. The third kappa shape index (κ3) is 5.59. The van der Waals surface area contributed by atoms with Crippen LogP contribution in [0.2, 0.25) is 5.02 Å². The van der Waals surface area contributed by atoms with Crippen molar-refractivity contribution in [1.82, 2.24) is 9.78 Å². The summed E-state index contributed by atoms with van der Waals surface area (Å²) in [4.78, 5) is 0. The quantitative estimate of drug-likeness (QED) is 0.233. The van der Waals surface area contributed by atoms with Crippen LogP contribution in [0.25, 0.3) is 22.4 Å². The van der Waals surface area contributed by atoms with Crippen molar-refractivity contribution in [3.05, 3.63) is 89.2 Å². The SMILES string of the molecule is CCOc1c(F)c(-c2ccccc2)nn1CCOc1ccc(-c2ccc(C(F)(F)F)cc2)cc1Cl. The first-order valence-corrected chi connectivity index (χ1v) is 11.2. The molecule has 0 fully saturated rings. The predicted molar refractivity (Wildman–Crippen MR) is 126 cm³/mol. The highest BCUT2D eigenvalue weighted by atomic mass is 35.5. The molecule has 1 heterocycles. The summed E-state index contributed by atoms with van der Waals surface area (Å²) in [6.07, 6.45) is -4.39. The van der Waals surface area contributed by atoms with Gasteiger partial charge in [-0.25, -0.2) is 4.68 Å². The number of hydrogen-bond acceptors (Lipinski definition) is 3. The molecule has 0 atom stereocenters. The Kier molecular flexibility index (Phi) is 7.31. The number of alkyl halides is 3. The Labute approximate surface area is 204 Å². The van der Waals surface area contributed by atoms with E-state index in [0.29, 0.717) is 27.5 Å². The third-order valence-electron chi connectivity index (χ3n) is 5.22. The molecule has 0 saturated heterocycles. The van der Waals surface area contributed by atoms with Crippen LogP contribution < -0.4 is 9.47 Å². The Hall–Kier alpha value is -3.52. The zero-order valence-electron chi connectivity index (χ0n) is 18.7. The first-order chi connectivity index (χ1) is 16.8. The third-order valence-corrected chi connectivity index (χ3v) is 5.51. The molecule has 1 aromatic heterocycles. The van der Waals surface area contributed by atoms with Crippen LogP contribution in [-0.2, 0) is 12.7 Å². The van der Waals surface area contributed by atoms with Gasteiger partial charge in [0.05, 0.1) is 23.7 Å². The van der Waals surface area contributed by atoms with Gasteiger partial charge in [0.15, 0.2) is 0 Å². The number of benzene rings is 3. The van der Waals surface area contributed by atoms with Gasteiger partial charge in [-0.15, -0.1) is 0 Å². The van der Waals surface area contributed by atoms with Crippen LogP contribution in [-0.4, -0.2) is 23.0 Å². The van der Waals surface area contributed by atoms with Crippen molar-refractivity contribution >= 4 is 11.6 Å². The van der Waals surface area contributed by atoms with Gasteiger partial charge in [0.1, 0.15) is 18.1 Å². The van der Waals surface area contributed by atoms with Gasteiger partial charge in [-0.1, -0.05) is 60.1 Å². The molecular weight excluding hydrogens is 484 g/mol. The van der Waals surface area contributed by atoms with Crippen LogP contribution >= 0.6 is 11.6 Å². The van der Waals surface area contributed by atoms with E-state index < -0.39 is 17.6 Å². The molecular formula is C26H21ClF4N2O2. The van der Waals surface area contributed by atoms with Gasteiger partial charge >= 0.3 is 6.18 Å². The minimum Gasteiger partial charge on any atom is -0.490 e. The fourth-order valence-electron chi connectivity index (χ4n) is 3.52. The summed E-state index contributed by atoms with van der Waals surface area (Å²) in [5.41, 5.74) is 1.34. The van der Waals surface area contributed by atoms with Crippen LogP contribution in [0.5, 0.6) is 11.6 Å². The molecule has 4 aromatic rings. The first-order valence-electron chi connectivity index (χ1n) is 10.8. The molecule has 4 rings (SSSR count). The molecule has 35 heavy (non-hydrogen) atoms. The molecule has 9 heteroatoms. The van der Waals surface area contributed by atoms with Crippen molar-refractivity contribution < 1.29 is 27.0 Å². The second-order valence-corrected chi connectivity index (χ2v) is 7.97. The molecule has 0 unspecified atom stereocenters. The highest BCUT2D eigenvalue weighted by molar-refractivity contribution is 6.32. The van der Waals surface area contributed by atoms with Crippen LogP contribution in [0.15, 0.2) is 72.8 Å². The summed E-state index contributed by atoms with van der Waals surface area (Å²) < 4.78 is 65.9. The highest BCUT2D eigenvalue weighted by Crippen LogP contribution is 2.34. The van der Waals surface area contributed by atoms with Crippen molar-refractivity contribution in [3.8, 4) is 34.0 Å². The lowest BCUT2D eigenvalue weighted by molar-refractivity contribution is -0.137. The second kappa shape index (κ2) is 10.4. The molecule has 0 aliphatic rings. The normalized spacial score (nSPS) is 11.5. The van der Waals surface area contributed by atoms with Gasteiger partial charge in [0.25, 0.3) is 0 Å². The van der Waals surface area contributed by atoms with Crippen molar-refractivity contribution in [1.29, 1.82) is 0 Å². The number of halogens is 5. The highest BCUT2D eigenvalue weighted by Gasteiger charge is 2.30. The smallest absolute Gasteiger partial charge is 0.416 e. The van der Waals surface area contributed by atoms with Gasteiger partial charge in [0.2, 0.25) is 11.7 Å². The monoisotopic (exact) mass is 504 g/mol. The molecule has 0 amide bonds. The van der Waals surface area contributed by atoms with Crippen molar-refractivity contribution in [3.63, 3.8) is 0 Å². The molecule has 0 bridgehead atoms. The van der Waals surface area contributed by atoms with E-state index in [9.17, 15) is 17.6 Å².